The number of ether oxygens (including phenoxy) is 3. The van der Waals surface area contributed by atoms with E-state index in [1.807, 2.05) is 61.5 Å². The van der Waals surface area contributed by atoms with Crippen LogP contribution in [0.3, 0.4) is 0 Å². The Morgan fingerprint density at radius 3 is 2.35 bits per heavy atom. The summed E-state index contributed by atoms with van der Waals surface area (Å²) in [4.78, 5) is 12.1. The number of unbranched alkanes of at least 4 members (excludes halogenated alkanes) is 1. The van der Waals surface area contributed by atoms with Crippen molar-refractivity contribution < 1.29 is 19.0 Å². The maximum atomic E-state index is 12.1. The van der Waals surface area contributed by atoms with E-state index in [-0.39, 0.29) is 5.76 Å². The molecule has 0 spiro atoms. The number of hydrogen-bond donors (Lipinski definition) is 0. The highest BCUT2D eigenvalue weighted by Crippen LogP contribution is 2.17. The van der Waals surface area contributed by atoms with Crippen LogP contribution >= 0.6 is 0 Å². The topological polar surface area (TPSA) is 44.8 Å². The lowest BCUT2D eigenvalue weighted by Crippen LogP contribution is -2.11. The first-order valence-corrected chi connectivity index (χ1v) is 9.01. The van der Waals surface area contributed by atoms with Gasteiger partial charge in [-0.1, -0.05) is 55.8 Å². The van der Waals surface area contributed by atoms with Gasteiger partial charge in [0.2, 0.25) is 5.76 Å². The van der Waals surface area contributed by atoms with Crippen LogP contribution in [0.4, 0.5) is 0 Å². The molecular weight excluding hydrogens is 328 g/mol. The summed E-state index contributed by atoms with van der Waals surface area (Å²) in [5, 5.41) is 0. The molecule has 2 rings (SSSR count). The van der Waals surface area contributed by atoms with Crippen molar-refractivity contribution in [3.8, 4) is 5.75 Å². The zero-order chi connectivity index (χ0) is 18.6. The Balaban J connectivity index is 1.97. The lowest BCUT2D eigenvalue weighted by molar-refractivity contribution is -0.143. The highest BCUT2D eigenvalue weighted by Gasteiger charge is 2.12. The minimum atomic E-state index is -0.426. The van der Waals surface area contributed by atoms with Gasteiger partial charge in [-0.05, 0) is 42.7 Å². The summed E-state index contributed by atoms with van der Waals surface area (Å²) in [6.07, 6.45) is 3.52. The standard InChI is InChI=1S/C22H26O4/c1-3-5-15-25-22(23)21(24-4-2)16-18-11-13-20(14-12-18)26-17-19-9-7-6-8-10-19/h6-14,16H,3-5,15,17H2,1-2H3/b21-16-. The Hall–Kier alpha value is -2.75. The van der Waals surface area contributed by atoms with Crippen LogP contribution in [0.5, 0.6) is 5.75 Å². The Morgan fingerprint density at radius 1 is 0.962 bits per heavy atom. The molecule has 0 radical (unpaired) electrons. The molecule has 0 saturated carbocycles. The second-order valence-electron chi connectivity index (χ2n) is 5.77. The van der Waals surface area contributed by atoms with Crippen LogP contribution in [0.1, 0.15) is 37.8 Å². The smallest absolute Gasteiger partial charge is 0.373 e. The molecule has 4 nitrogen and oxygen atoms in total. The predicted molar refractivity (Wildman–Crippen MR) is 103 cm³/mol. The van der Waals surface area contributed by atoms with Gasteiger partial charge in [0.1, 0.15) is 12.4 Å². The van der Waals surface area contributed by atoms with E-state index in [9.17, 15) is 4.79 Å². The van der Waals surface area contributed by atoms with Crippen LogP contribution in [0.15, 0.2) is 60.4 Å². The predicted octanol–water partition coefficient (Wildman–Crippen LogP) is 4.99. The minimum absolute atomic E-state index is 0.224. The van der Waals surface area contributed by atoms with Crippen LogP contribution in [-0.4, -0.2) is 19.2 Å². The molecule has 0 heterocycles. The average Bonchev–Trinajstić information content (AvgIpc) is 2.68. The van der Waals surface area contributed by atoms with Crippen molar-refractivity contribution in [2.24, 2.45) is 0 Å². The summed E-state index contributed by atoms with van der Waals surface area (Å²) in [5.41, 5.74) is 1.97. The fourth-order valence-corrected chi connectivity index (χ4v) is 2.25. The Bertz CT molecular complexity index is 690. The number of benzene rings is 2. The van der Waals surface area contributed by atoms with Gasteiger partial charge in [0.25, 0.3) is 0 Å². The zero-order valence-corrected chi connectivity index (χ0v) is 15.4. The summed E-state index contributed by atoms with van der Waals surface area (Å²) in [5.74, 6) is 0.570. The number of carbonyl (C=O) groups excluding carboxylic acids is 1. The van der Waals surface area contributed by atoms with Crippen molar-refractivity contribution in [3.05, 3.63) is 71.5 Å². The third-order valence-corrected chi connectivity index (χ3v) is 3.66. The zero-order valence-electron chi connectivity index (χ0n) is 15.4. The third kappa shape index (κ3) is 6.63. The lowest BCUT2D eigenvalue weighted by Gasteiger charge is -2.09. The number of esters is 1. The molecule has 0 atom stereocenters. The Kier molecular flexibility index (Phi) is 8.27. The molecule has 0 saturated heterocycles. The van der Waals surface area contributed by atoms with Gasteiger partial charge >= 0.3 is 5.97 Å². The van der Waals surface area contributed by atoms with Crippen LogP contribution in [0.25, 0.3) is 6.08 Å². The first-order chi connectivity index (χ1) is 12.7. The van der Waals surface area contributed by atoms with Crippen molar-refractivity contribution >= 4 is 12.0 Å². The van der Waals surface area contributed by atoms with E-state index in [2.05, 4.69) is 6.92 Å². The molecule has 0 N–H and O–H groups in total. The van der Waals surface area contributed by atoms with Gasteiger partial charge in [0, 0.05) is 0 Å². The highest BCUT2D eigenvalue weighted by molar-refractivity contribution is 5.91. The molecule has 0 bridgehead atoms. The van der Waals surface area contributed by atoms with Crippen LogP contribution < -0.4 is 4.74 Å². The van der Waals surface area contributed by atoms with Crippen molar-refractivity contribution in [3.63, 3.8) is 0 Å². The third-order valence-electron chi connectivity index (χ3n) is 3.66. The summed E-state index contributed by atoms with van der Waals surface area (Å²) in [7, 11) is 0. The molecular formula is C22H26O4. The molecule has 26 heavy (non-hydrogen) atoms. The van der Waals surface area contributed by atoms with Gasteiger partial charge in [0.15, 0.2) is 0 Å². The fourth-order valence-electron chi connectivity index (χ4n) is 2.25. The Labute approximate surface area is 155 Å². The van der Waals surface area contributed by atoms with Crippen molar-refractivity contribution in [2.45, 2.75) is 33.3 Å². The average molecular weight is 354 g/mol. The number of rotatable bonds is 10. The van der Waals surface area contributed by atoms with Crippen molar-refractivity contribution in [2.75, 3.05) is 13.2 Å². The summed E-state index contributed by atoms with van der Waals surface area (Å²) in [6.45, 7) is 5.23. The van der Waals surface area contributed by atoms with E-state index >= 15 is 0 Å². The van der Waals surface area contributed by atoms with E-state index in [0.29, 0.717) is 19.8 Å². The first kappa shape index (κ1) is 19.6. The van der Waals surface area contributed by atoms with E-state index < -0.39 is 5.97 Å². The molecule has 0 amide bonds. The molecule has 0 unspecified atom stereocenters. The van der Waals surface area contributed by atoms with Crippen molar-refractivity contribution in [1.29, 1.82) is 0 Å². The second kappa shape index (κ2) is 11.0. The van der Waals surface area contributed by atoms with E-state index in [1.165, 1.54) is 0 Å². The molecule has 0 fully saturated rings. The maximum Gasteiger partial charge on any atom is 0.373 e. The van der Waals surface area contributed by atoms with Gasteiger partial charge in [-0.3, -0.25) is 0 Å². The van der Waals surface area contributed by atoms with Crippen LogP contribution in [0.2, 0.25) is 0 Å². The van der Waals surface area contributed by atoms with Gasteiger partial charge in [-0.2, -0.15) is 0 Å². The van der Waals surface area contributed by atoms with Gasteiger partial charge in [0.05, 0.1) is 13.2 Å². The fraction of sp³-hybridized carbons (Fsp3) is 0.318. The summed E-state index contributed by atoms with van der Waals surface area (Å²) in [6, 6.07) is 17.5. The largest absolute Gasteiger partial charge is 0.489 e. The maximum absolute atomic E-state index is 12.1. The molecule has 138 valence electrons. The highest BCUT2D eigenvalue weighted by atomic mass is 16.6. The number of carbonyl (C=O) groups is 1. The van der Waals surface area contributed by atoms with E-state index in [4.69, 9.17) is 14.2 Å². The Morgan fingerprint density at radius 2 is 1.69 bits per heavy atom. The molecule has 0 aromatic heterocycles. The second-order valence-corrected chi connectivity index (χ2v) is 5.77. The minimum Gasteiger partial charge on any atom is -0.489 e. The first-order valence-electron chi connectivity index (χ1n) is 9.01. The number of hydrogen-bond acceptors (Lipinski definition) is 4. The SMILES string of the molecule is CCCCOC(=O)/C(=C/c1ccc(OCc2ccccc2)cc1)OCC. The van der Waals surface area contributed by atoms with Gasteiger partial charge in [-0.15, -0.1) is 0 Å². The normalized spacial score (nSPS) is 11.1. The van der Waals surface area contributed by atoms with Gasteiger partial charge in [-0.25, -0.2) is 4.79 Å². The molecule has 0 aliphatic carbocycles. The molecule has 2 aromatic carbocycles. The molecule has 2 aromatic rings. The molecule has 0 aliphatic rings. The van der Waals surface area contributed by atoms with Crippen molar-refractivity contribution in [1.82, 2.24) is 0 Å². The molecule has 0 aliphatic heterocycles. The van der Waals surface area contributed by atoms with E-state index in [0.717, 1.165) is 29.7 Å². The quantitative estimate of drug-likeness (QED) is 0.261. The van der Waals surface area contributed by atoms with E-state index in [1.54, 1.807) is 6.08 Å². The summed E-state index contributed by atoms with van der Waals surface area (Å²) < 4.78 is 16.4. The lowest BCUT2D eigenvalue weighted by atomic mass is 10.2. The van der Waals surface area contributed by atoms with Gasteiger partial charge < -0.3 is 14.2 Å². The molecule has 4 heteroatoms. The van der Waals surface area contributed by atoms with Crippen LogP contribution in [0, 0.1) is 0 Å². The summed E-state index contributed by atoms with van der Waals surface area (Å²) >= 11 is 0. The van der Waals surface area contributed by atoms with Crippen LogP contribution in [-0.2, 0) is 20.9 Å². The monoisotopic (exact) mass is 354 g/mol.